The summed E-state index contributed by atoms with van der Waals surface area (Å²) in [6, 6.07) is 8.04. The third-order valence-corrected chi connectivity index (χ3v) is 4.22. The quantitative estimate of drug-likeness (QED) is 0.914. The van der Waals surface area contributed by atoms with Crippen molar-refractivity contribution >= 4 is 17.3 Å². The van der Waals surface area contributed by atoms with Crippen molar-refractivity contribution in [2.75, 3.05) is 0 Å². The Balaban J connectivity index is 2.04. The van der Waals surface area contributed by atoms with Crippen LogP contribution in [0.2, 0.25) is 0 Å². The van der Waals surface area contributed by atoms with Crippen LogP contribution >= 0.6 is 11.3 Å². The zero-order chi connectivity index (χ0) is 12.7. The lowest BCUT2D eigenvalue weighted by Crippen LogP contribution is -1.97. The lowest BCUT2D eigenvalue weighted by molar-refractivity contribution is 0.0700. The van der Waals surface area contributed by atoms with Crippen LogP contribution in [0.4, 0.5) is 0 Å². The molecular weight excluding hydrogens is 246 g/mol. The van der Waals surface area contributed by atoms with Gasteiger partial charge in [-0.05, 0) is 19.8 Å². The number of rotatable bonds is 3. The topological polar surface area (TPSA) is 50.2 Å². The van der Waals surface area contributed by atoms with Gasteiger partial charge >= 0.3 is 5.97 Å². The molecule has 2 aromatic rings. The molecule has 1 heterocycles. The molecule has 0 unspecified atom stereocenters. The number of aromatic nitrogens is 1. The molecule has 0 spiro atoms. The maximum atomic E-state index is 11.2. The van der Waals surface area contributed by atoms with Crippen molar-refractivity contribution in [2.45, 2.75) is 25.7 Å². The summed E-state index contributed by atoms with van der Waals surface area (Å²) in [4.78, 5) is 16.2. The SMILES string of the molecule is Cc1ccc(-c2nc(C3CC3)c(C(=O)O)s2)cc1. The van der Waals surface area contributed by atoms with Crippen LogP contribution in [0.5, 0.6) is 0 Å². The van der Waals surface area contributed by atoms with Crippen LogP contribution < -0.4 is 0 Å². The molecule has 1 aliphatic carbocycles. The summed E-state index contributed by atoms with van der Waals surface area (Å²) in [6.07, 6.45) is 2.13. The van der Waals surface area contributed by atoms with E-state index in [-0.39, 0.29) is 0 Å². The van der Waals surface area contributed by atoms with Crippen molar-refractivity contribution in [1.82, 2.24) is 4.98 Å². The van der Waals surface area contributed by atoms with Gasteiger partial charge in [0.1, 0.15) is 9.88 Å². The maximum absolute atomic E-state index is 11.2. The fraction of sp³-hybridized carbons (Fsp3) is 0.286. The summed E-state index contributed by atoms with van der Waals surface area (Å²) in [5.41, 5.74) is 2.97. The van der Waals surface area contributed by atoms with E-state index in [1.165, 1.54) is 16.9 Å². The van der Waals surface area contributed by atoms with E-state index in [2.05, 4.69) is 4.98 Å². The molecule has 18 heavy (non-hydrogen) atoms. The van der Waals surface area contributed by atoms with Crippen molar-refractivity contribution in [2.24, 2.45) is 0 Å². The second kappa shape index (κ2) is 4.21. The average Bonchev–Trinajstić information content (AvgIpc) is 3.09. The summed E-state index contributed by atoms with van der Waals surface area (Å²) in [7, 11) is 0. The van der Waals surface area contributed by atoms with Crippen LogP contribution in [0.15, 0.2) is 24.3 Å². The van der Waals surface area contributed by atoms with Gasteiger partial charge in [0.25, 0.3) is 0 Å². The van der Waals surface area contributed by atoms with E-state index in [9.17, 15) is 9.90 Å². The Bertz CT molecular complexity index is 597. The van der Waals surface area contributed by atoms with Gasteiger partial charge in [0.05, 0.1) is 5.69 Å². The van der Waals surface area contributed by atoms with Gasteiger partial charge in [-0.15, -0.1) is 11.3 Å². The zero-order valence-electron chi connectivity index (χ0n) is 10.0. The van der Waals surface area contributed by atoms with Gasteiger partial charge in [0.15, 0.2) is 0 Å². The predicted octanol–water partition coefficient (Wildman–Crippen LogP) is 3.69. The molecule has 0 bridgehead atoms. The number of hydrogen-bond donors (Lipinski definition) is 1. The number of carbonyl (C=O) groups is 1. The Labute approximate surface area is 109 Å². The van der Waals surface area contributed by atoms with Crippen LogP contribution in [-0.2, 0) is 0 Å². The first kappa shape index (κ1) is 11.4. The van der Waals surface area contributed by atoms with Gasteiger partial charge in [-0.25, -0.2) is 9.78 Å². The minimum Gasteiger partial charge on any atom is -0.477 e. The number of nitrogens with zero attached hydrogens (tertiary/aromatic N) is 1. The Morgan fingerprint density at radius 1 is 1.33 bits per heavy atom. The fourth-order valence-corrected chi connectivity index (χ4v) is 2.93. The minimum absolute atomic E-state index is 0.367. The first-order valence-corrected chi connectivity index (χ1v) is 6.78. The van der Waals surface area contributed by atoms with Crippen LogP contribution in [-0.4, -0.2) is 16.1 Å². The molecule has 1 aromatic heterocycles. The van der Waals surface area contributed by atoms with Crippen molar-refractivity contribution in [3.8, 4) is 10.6 Å². The third kappa shape index (κ3) is 2.04. The monoisotopic (exact) mass is 259 g/mol. The Morgan fingerprint density at radius 2 is 2.00 bits per heavy atom. The molecule has 0 radical (unpaired) electrons. The first-order valence-electron chi connectivity index (χ1n) is 5.96. The molecule has 1 saturated carbocycles. The molecule has 0 saturated heterocycles. The molecule has 1 N–H and O–H groups in total. The van der Waals surface area contributed by atoms with E-state index in [0.29, 0.717) is 10.8 Å². The molecule has 0 atom stereocenters. The number of thiazole rings is 1. The average molecular weight is 259 g/mol. The van der Waals surface area contributed by atoms with Gasteiger partial charge in [-0.3, -0.25) is 0 Å². The highest BCUT2D eigenvalue weighted by Crippen LogP contribution is 2.44. The standard InChI is InChI=1S/C14H13NO2S/c1-8-2-4-10(5-3-8)13-15-11(9-6-7-9)12(18-13)14(16)17/h2-5,9H,6-7H2,1H3,(H,16,17). The van der Waals surface area contributed by atoms with Crippen molar-refractivity contribution in [1.29, 1.82) is 0 Å². The van der Waals surface area contributed by atoms with Gasteiger partial charge in [0.2, 0.25) is 0 Å². The lowest BCUT2D eigenvalue weighted by atomic mass is 10.1. The summed E-state index contributed by atoms with van der Waals surface area (Å²) in [5.74, 6) is -0.487. The number of aromatic carboxylic acids is 1. The highest BCUT2D eigenvalue weighted by molar-refractivity contribution is 7.17. The lowest BCUT2D eigenvalue weighted by Gasteiger charge is -1.96. The Kier molecular flexibility index (Phi) is 2.67. The molecular formula is C14H13NO2S. The number of aryl methyl sites for hydroxylation is 1. The number of carboxylic acid groups (broad SMARTS) is 1. The summed E-state index contributed by atoms with van der Waals surface area (Å²) in [5, 5.41) is 10.0. The number of carboxylic acids is 1. The van der Waals surface area contributed by atoms with Crippen LogP contribution in [0.1, 0.15) is 39.7 Å². The third-order valence-electron chi connectivity index (χ3n) is 3.11. The number of benzene rings is 1. The van der Waals surface area contributed by atoms with Gasteiger partial charge < -0.3 is 5.11 Å². The van der Waals surface area contributed by atoms with E-state index in [4.69, 9.17) is 0 Å². The highest BCUT2D eigenvalue weighted by Gasteiger charge is 2.32. The number of hydrogen-bond acceptors (Lipinski definition) is 3. The second-order valence-electron chi connectivity index (χ2n) is 4.68. The van der Waals surface area contributed by atoms with E-state index in [0.717, 1.165) is 29.1 Å². The molecule has 1 aromatic carbocycles. The van der Waals surface area contributed by atoms with Crippen molar-refractivity contribution < 1.29 is 9.90 Å². The molecule has 1 fully saturated rings. The van der Waals surface area contributed by atoms with Gasteiger partial charge in [-0.1, -0.05) is 29.8 Å². The largest absolute Gasteiger partial charge is 0.477 e. The van der Waals surface area contributed by atoms with E-state index >= 15 is 0 Å². The van der Waals surface area contributed by atoms with Crippen LogP contribution in [0, 0.1) is 6.92 Å². The van der Waals surface area contributed by atoms with Crippen molar-refractivity contribution in [3.63, 3.8) is 0 Å². The van der Waals surface area contributed by atoms with Gasteiger partial charge in [-0.2, -0.15) is 0 Å². The summed E-state index contributed by atoms with van der Waals surface area (Å²) < 4.78 is 0. The Hall–Kier alpha value is -1.68. The van der Waals surface area contributed by atoms with E-state index in [1.54, 1.807) is 0 Å². The van der Waals surface area contributed by atoms with Crippen LogP contribution in [0.3, 0.4) is 0 Å². The molecule has 3 nitrogen and oxygen atoms in total. The Morgan fingerprint density at radius 3 is 2.56 bits per heavy atom. The molecule has 1 aliphatic rings. The van der Waals surface area contributed by atoms with E-state index < -0.39 is 5.97 Å². The normalized spacial score (nSPS) is 14.7. The zero-order valence-corrected chi connectivity index (χ0v) is 10.8. The molecule has 0 aliphatic heterocycles. The smallest absolute Gasteiger partial charge is 0.347 e. The second-order valence-corrected chi connectivity index (χ2v) is 5.68. The predicted molar refractivity (Wildman–Crippen MR) is 71.2 cm³/mol. The maximum Gasteiger partial charge on any atom is 0.347 e. The fourth-order valence-electron chi connectivity index (χ4n) is 1.94. The summed E-state index contributed by atoms with van der Waals surface area (Å²) >= 11 is 1.28. The first-order chi connectivity index (χ1) is 8.65. The van der Waals surface area contributed by atoms with E-state index in [1.807, 2.05) is 31.2 Å². The van der Waals surface area contributed by atoms with Crippen LogP contribution in [0.25, 0.3) is 10.6 Å². The highest BCUT2D eigenvalue weighted by atomic mass is 32.1. The van der Waals surface area contributed by atoms with Gasteiger partial charge in [0, 0.05) is 11.5 Å². The molecule has 92 valence electrons. The molecule has 4 heteroatoms. The minimum atomic E-state index is -0.854. The molecule has 3 rings (SSSR count). The molecule has 0 amide bonds. The summed E-state index contributed by atoms with van der Waals surface area (Å²) in [6.45, 7) is 2.03. The van der Waals surface area contributed by atoms with Crippen molar-refractivity contribution in [3.05, 3.63) is 40.4 Å².